The van der Waals surface area contributed by atoms with Crippen LogP contribution in [0.2, 0.25) is 0 Å². The third-order valence-corrected chi connectivity index (χ3v) is 4.08. The zero-order chi connectivity index (χ0) is 20.7. The molecule has 0 bridgehead atoms. The third kappa shape index (κ3) is 4.64. The highest BCUT2D eigenvalue weighted by Gasteiger charge is 2.23. The number of nitrogens with zero attached hydrogens (tertiary/aromatic N) is 2. The van der Waals surface area contributed by atoms with Crippen LogP contribution in [0.4, 0.5) is 5.82 Å². The largest absolute Gasteiger partial charge is 0.454 e. The molecule has 0 fully saturated rings. The highest BCUT2D eigenvalue weighted by molar-refractivity contribution is 6.01. The predicted molar refractivity (Wildman–Crippen MR) is 105 cm³/mol. The first-order valence-electron chi connectivity index (χ1n) is 8.94. The number of anilines is 1. The van der Waals surface area contributed by atoms with E-state index in [4.69, 9.17) is 10.5 Å². The minimum Gasteiger partial charge on any atom is -0.454 e. The molecular formula is C20H23N3O5. The summed E-state index contributed by atoms with van der Waals surface area (Å²) in [6.07, 6.45) is 3.43. The van der Waals surface area contributed by atoms with Crippen molar-refractivity contribution in [2.24, 2.45) is 0 Å². The van der Waals surface area contributed by atoms with Crippen LogP contribution in [0.15, 0.2) is 52.1 Å². The molecule has 0 saturated heterocycles. The SMILES string of the molecule is CCC=CC(=O)OCC(=O)c1c(N)n(Cc2ccccc2)c(=O)n(CC)c1=O. The smallest absolute Gasteiger partial charge is 0.332 e. The van der Waals surface area contributed by atoms with Gasteiger partial charge in [-0.05, 0) is 18.9 Å². The van der Waals surface area contributed by atoms with E-state index in [1.807, 2.05) is 25.1 Å². The maximum Gasteiger partial charge on any atom is 0.332 e. The number of ether oxygens (including phenoxy) is 1. The number of nitrogens with two attached hydrogens (primary N) is 1. The number of benzene rings is 1. The second kappa shape index (κ2) is 9.50. The van der Waals surface area contributed by atoms with Gasteiger partial charge >= 0.3 is 11.7 Å². The van der Waals surface area contributed by atoms with E-state index >= 15 is 0 Å². The summed E-state index contributed by atoms with van der Waals surface area (Å²) in [4.78, 5) is 49.3. The molecule has 8 nitrogen and oxygen atoms in total. The number of allylic oxidation sites excluding steroid dienone is 1. The van der Waals surface area contributed by atoms with Crippen molar-refractivity contribution < 1.29 is 14.3 Å². The minimum atomic E-state index is -0.792. The quantitative estimate of drug-likeness (QED) is 0.417. The number of ketones is 1. The Morgan fingerprint density at radius 2 is 1.79 bits per heavy atom. The summed E-state index contributed by atoms with van der Waals surface area (Å²) in [6.45, 7) is 3.01. The molecule has 0 aliphatic rings. The van der Waals surface area contributed by atoms with Crippen molar-refractivity contribution in [2.75, 3.05) is 12.3 Å². The van der Waals surface area contributed by atoms with Crippen LogP contribution in [0.3, 0.4) is 0 Å². The Bertz CT molecular complexity index is 1000. The zero-order valence-electron chi connectivity index (χ0n) is 15.9. The molecule has 0 atom stereocenters. The van der Waals surface area contributed by atoms with E-state index in [0.29, 0.717) is 6.42 Å². The summed E-state index contributed by atoms with van der Waals surface area (Å²) in [5, 5.41) is 0. The number of carbonyl (C=O) groups is 2. The molecule has 2 rings (SSSR count). The van der Waals surface area contributed by atoms with Gasteiger partial charge in [-0.1, -0.05) is 43.3 Å². The highest BCUT2D eigenvalue weighted by atomic mass is 16.5. The molecule has 0 aliphatic heterocycles. The van der Waals surface area contributed by atoms with E-state index < -0.39 is 29.6 Å². The zero-order valence-corrected chi connectivity index (χ0v) is 15.9. The second-order valence-electron chi connectivity index (χ2n) is 6.01. The maximum absolute atomic E-state index is 12.6. The molecule has 0 saturated carbocycles. The number of aromatic nitrogens is 2. The molecular weight excluding hydrogens is 362 g/mol. The van der Waals surface area contributed by atoms with Crippen LogP contribution < -0.4 is 17.0 Å². The standard InChI is InChI=1S/C20H23N3O5/c1-3-5-11-16(25)28-13-15(24)17-18(21)23(12-14-9-7-6-8-10-14)20(27)22(4-2)19(17)26/h5-11H,3-4,12-13,21H2,1-2H3. The van der Waals surface area contributed by atoms with E-state index in [0.717, 1.165) is 10.1 Å². The molecule has 1 aromatic carbocycles. The lowest BCUT2D eigenvalue weighted by molar-refractivity contribution is -0.136. The summed E-state index contributed by atoms with van der Waals surface area (Å²) in [5.41, 5.74) is 5.05. The fraction of sp³-hybridized carbons (Fsp3) is 0.300. The van der Waals surface area contributed by atoms with Gasteiger partial charge in [0.1, 0.15) is 11.4 Å². The van der Waals surface area contributed by atoms with Gasteiger partial charge in [-0.15, -0.1) is 0 Å². The lowest BCUT2D eigenvalue weighted by Gasteiger charge is -2.15. The summed E-state index contributed by atoms with van der Waals surface area (Å²) < 4.78 is 6.97. The van der Waals surface area contributed by atoms with Gasteiger partial charge in [0.25, 0.3) is 5.56 Å². The first-order chi connectivity index (χ1) is 13.4. The molecule has 0 radical (unpaired) electrons. The van der Waals surface area contributed by atoms with Crippen LogP contribution in [-0.4, -0.2) is 27.5 Å². The summed E-state index contributed by atoms with van der Waals surface area (Å²) in [5.74, 6) is -1.69. The monoisotopic (exact) mass is 385 g/mol. The normalized spacial score (nSPS) is 10.9. The van der Waals surface area contributed by atoms with Gasteiger partial charge in [-0.2, -0.15) is 0 Å². The molecule has 1 heterocycles. The molecule has 2 N–H and O–H groups in total. The fourth-order valence-electron chi connectivity index (χ4n) is 2.65. The van der Waals surface area contributed by atoms with Gasteiger partial charge in [-0.3, -0.25) is 18.7 Å². The number of carbonyl (C=O) groups excluding carboxylic acids is 2. The lowest BCUT2D eigenvalue weighted by Crippen LogP contribution is -2.44. The van der Waals surface area contributed by atoms with Crippen LogP contribution >= 0.6 is 0 Å². The first-order valence-corrected chi connectivity index (χ1v) is 8.94. The van der Waals surface area contributed by atoms with Crippen molar-refractivity contribution >= 4 is 17.6 Å². The van der Waals surface area contributed by atoms with Crippen LogP contribution in [0.5, 0.6) is 0 Å². The minimum absolute atomic E-state index is 0.0754. The van der Waals surface area contributed by atoms with Gasteiger partial charge in [0.05, 0.1) is 6.54 Å². The molecule has 8 heteroatoms. The van der Waals surface area contributed by atoms with E-state index in [1.54, 1.807) is 25.1 Å². The van der Waals surface area contributed by atoms with Gasteiger partial charge in [-0.25, -0.2) is 9.59 Å². The van der Waals surface area contributed by atoms with E-state index in [1.165, 1.54) is 10.6 Å². The number of rotatable bonds is 8. The van der Waals surface area contributed by atoms with Crippen molar-refractivity contribution in [3.8, 4) is 0 Å². The Morgan fingerprint density at radius 1 is 1.11 bits per heavy atom. The Hall–Kier alpha value is -3.42. The van der Waals surface area contributed by atoms with E-state index in [9.17, 15) is 19.2 Å². The van der Waals surface area contributed by atoms with Crippen molar-refractivity contribution in [1.29, 1.82) is 0 Å². The van der Waals surface area contributed by atoms with Crippen LogP contribution in [0.25, 0.3) is 0 Å². The molecule has 0 spiro atoms. The first kappa shape index (κ1) is 20.9. The van der Waals surface area contributed by atoms with Gasteiger partial charge < -0.3 is 10.5 Å². The average molecular weight is 385 g/mol. The average Bonchev–Trinajstić information content (AvgIpc) is 2.69. The number of nitrogen functional groups attached to an aromatic ring is 1. The predicted octanol–water partition coefficient (Wildman–Crippen LogP) is 1.35. The third-order valence-electron chi connectivity index (χ3n) is 4.08. The van der Waals surface area contributed by atoms with Crippen molar-refractivity contribution in [3.05, 3.63) is 74.4 Å². The topological polar surface area (TPSA) is 113 Å². The summed E-state index contributed by atoms with van der Waals surface area (Å²) >= 11 is 0. The van der Waals surface area contributed by atoms with Crippen LogP contribution in [0.1, 0.15) is 36.2 Å². The number of hydrogen-bond acceptors (Lipinski definition) is 6. The highest BCUT2D eigenvalue weighted by Crippen LogP contribution is 2.10. The Labute approximate surface area is 161 Å². The Morgan fingerprint density at radius 3 is 2.39 bits per heavy atom. The molecule has 0 unspecified atom stereocenters. The van der Waals surface area contributed by atoms with Crippen molar-refractivity contribution in [1.82, 2.24) is 9.13 Å². The summed E-state index contributed by atoms with van der Waals surface area (Å²) in [7, 11) is 0. The maximum atomic E-state index is 12.6. The second-order valence-corrected chi connectivity index (χ2v) is 6.01. The van der Waals surface area contributed by atoms with Crippen LogP contribution in [-0.2, 0) is 22.6 Å². The van der Waals surface area contributed by atoms with Crippen molar-refractivity contribution in [2.45, 2.75) is 33.4 Å². The van der Waals surface area contributed by atoms with Gasteiger partial charge in [0.2, 0.25) is 5.78 Å². The van der Waals surface area contributed by atoms with Gasteiger partial charge in [0.15, 0.2) is 6.61 Å². The molecule has 148 valence electrons. The molecule has 0 amide bonds. The van der Waals surface area contributed by atoms with Crippen molar-refractivity contribution in [3.63, 3.8) is 0 Å². The number of Topliss-reactive ketones (excluding diaryl/α,β-unsaturated/α-hetero) is 1. The fourth-order valence-corrected chi connectivity index (χ4v) is 2.65. The molecule has 2 aromatic rings. The summed E-state index contributed by atoms with van der Waals surface area (Å²) in [6, 6.07) is 9.05. The molecule has 1 aromatic heterocycles. The molecule has 0 aliphatic carbocycles. The van der Waals surface area contributed by atoms with E-state index in [2.05, 4.69) is 0 Å². The molecule has 28 heavy (non-hydrogen) atoms. The van der Waals surface area contributed by atoms with E-state index in [-0.39, 0.29) is 24.5 Å². The number of hydrogen-bond donors (Lipinski definition) is 1. The number of esters is 1. The van der Waals surface area contributed by atoms with Crippen LogP contribution in [0, 0.1) is 0 Å². The Kier molecular flexibility index (Phi) is 7.08. The Balaban J connectivity index is 2.43. The lowest BCUT2D eigenvalue weighted by atomic mass is 10.2. The van der Waals surface area contributed by atoms with Gasteiger partial charge in [0, 0.05) is 12.6 Å².